The highest BCUT2D eigenvalue weighted by molar-refractivity contribution is 5.52. The van der Waals surface area contributed by atoms with Gasteiger partial charge in [-0.2, -0.15) is 4.98 Å². The van der Waals surface area contributed by atoms with E-state index in [0.29, 0.717) is 18.3 Å². The number of nitrogens with zero attached hydrogens (tertiary/aromatic N) is 3. The third-order valence-electron chi connectivity index (χ3n) is 2.46. The van der Waals surface area contributed by atoms with Gasteiger partial charge in [0.05, 0.1) is 6.54 Å². The van der Waals surface area contributed by atoms with Gasteiger partial charge in [0.25, 0.3) is 0 Å². The topological polar surface area (TPSA) is 63.8 Å². The maximum atomic E-state index is 5.21. The Hall–Kier alpha value is -1.75. The molecule has 0 unspecified atom stereocenters. The molecule has 0 aliphatic rings. The predicted molar refractivity (Wildman–Crippen MR) is 68.9 cm³/mol. The van der Waals surface area contributed by atoms with Crippen LogP contribution in [0.2, 0.25) is 0 Å². The number of nitrogens with one attached hydrogen (secondary N) is 1. The van der Waals surface area contributed by atoms with Crippen molar-refractivity contribution in [3.63, 3.8) is 0 Å². The van der Waals surface area contributed by atoms with Crippen LogP contribution in [-0.4, -0.2) is 20.7 Å². The fourth-order valence-corrected chi connectivity index (χ4v) is 1.48. The molecular weight excluding hydrogens is 228 g/mol. The summed E-state index contributed by atoms with van der Waals surface area (Å²) in [4.78, 5) is 8.61. The average Bonchev–Trinajstić information content (AvgIpc) is 2.75. The first-order valence-corrected chi connectivity index (χ1v) is 5.95. The first-order chi connectivity index (χ1) is 8.46. The molecule has 0 saturated carbocycles. The maximum absolute atomic E-state index is 5.21. The molecule has 18 heavy (non-hydrogen) atoms. The monoisotopic (exact) mass is 246 g/mol. The molecule has 2 aromatic heterocycles. The Labute approximate surface area is 107 Å². The van der Waals surface area contributed by atoms with Crippen molar-refractivity contribution in [2.24, 2.45) is 0 Å². The standard InChI is InChI=1S/C13H18N4O/c1-9-6-5-7-14-11(9)12-16-10(18-17-12)8-15-13(2,3)4/h5-7,15H,8H2,1-4H3. The molecule has 2 heterocycles. The lowest BCUT2D eigenvalue weighted by atomic mass is 10.1. The Bertz CT molecular complexity index is 528. The fourth-order valence-electron chi connectivity index (χ4n) is 1.48. The van der Waals surface area contributed by atoms with Crippen LogP contribution in [0, 0.1) is 6.92 Å². The van der Waals surface area contributed by atoms with E-state index in [1.165, 1.54) is 0 Å². The van der Waals surface area contributed by atoms with Crippen molar-refractivity contribution in [2.45, 2.75) is 39.8 Å². The van der Waals surface area contributed by atoms with E-state index in [1.54, 1.807) is 6.20 Å². The zero-order valence-corrected chi connectivity index (χ0v) is 11.2. The summed E-state index contributed by atoms with van der Waals surface area (Å²) in [5.74, 6) is 1.11. The second-order valence-corrected chi connectivity index (χ2v) is 5.28. The van der Waals surface area contributed by atoms with Gasteiger partial charge in [0.2, 0.25) is 11.7 Å². The lowest BCUT2D eigenvalue weighted by Crippen LogP contribution is -2.35. The zero-order valence-electron chi connectivity index (χ0n) is 11.2. The molecule has 1 N–H and O–H groups in total. The molecule has 2 rings (SSSR count). The van der Waals surface area contributed by atoms with Gasteiger partial charge in [0, 0.05) is 11.7 Å². The second-order valence-electron chi connectivity index (χ2n) is 5.28. The minimum absolute atomic E-state index is 0.0234. The number of aromatic nitrogens is 3. The Morgan fingerprint density at radius 3 is 2.78 bits per heavy atom. The van der Waals surface area contributed by atoms with E-state index in [-0.39, 0.29) is 5.54 Å². The maximum Gasteiger partial charge on any atom is 0.240 e. The van der Waals surface area contributed by atoms with Crippen LogP contribution < -0.4 is 5.32 Å². The smallest absolute Gasteiger partial charge is 0.240 e. The van der Waals surface area contributed by atoms with Crippen molar-refractivity contribution >= 4 is 0 Å². The third kappa shape index (κ3) is 3.13. The molecule has 2 aromatic rings. The highest BCUT2D eigenvalue weighted by Gasteiger charge is 2.14. The molecule has 0 bridgehead atoms. The van der Waals surface area contributed by atoms with E-state index in [9.17, 15) is 0 Å². The Kier molecular flexibility index (Phi) is 3.43. The normalized spacial score (nSPS) is 11.8. The van der Waals surface area contributed by atoms with Crippen LogP contribution in [0.1, 0.15) is 32.2 Å². The molecular formula is C13H18N4O. The Morgan fingerprint density at radius 1 is 1.33 bits per heavy atom. The lowest BCUT2D eigenvalue weighted by molar-refractivity contribution is 0.336. The molecule has 0 aromatic carbocycles. The van der Waals surface area contributed by atoms with Crippen LogP contribution in [-0.2, 0) is 6.54 Å². The van der Waals surface area contributed by atoms with Gasteiger partial charge in [-0.25, -0.2) is 0 Å². The van der Waals surface area contributed by atoms with E-state index in [4.69, 9.17) is 4.52 Å². The quantitative estimate of drug-likeness (QED) is 0.900. The summed E-state index contributed by atoms with van der Waals surface area (Å²) in [7, 11) is 0. The van der Waals surface area contributed by atoms with E-state index in [2.05, 4.69) is 41.2 Å². The Balaban J connectivity index is 2.14. The van der Waals surface area contributed by atoms with Gasteiger partial charge in [-0.15, -0.1) is 0 Å². The van der Waals surface area contributed by atoms with Crippen LogP contribution in [0.4, 0.5) is 0 Å². The van der Waals surface area contributed by atoms with Gasteiger partial charge in [-0.3, -0.25) is 4.98 Å². The summed E-state index contributed by atoms with van der Waals surface area (Å²) in [6, 6.07) is 3.87. The second kappa shape index (κ2) is 4.86. The van der Waals surface area contributed by atoms with Gasteiger partial charge in [0.1, 0.15) is 5.69 Å². The number of hydrogen-bond acceptors (Lipinski definition) is 5. The fraction of sp³-hybridized carbons (Fsp3) is 0.462. The Morgan fingerprint density at radius 2 is 2.11 bits per heavy atom. The van der Waals surface area contributed by atoms with Gasteiger partial charge >= 0.3 is 0 Å². The molecule has 0 spiro atoms. The van der Waals surface area contributed by atoms with Crippen molar-refractivity contribution in [3.05, 3.63) is 29.8 Å². The van der Waals surface area contributed by atoms with E-state index < -0.39 is 0 Å². The lowest BCUT2D eigenvalue weighted by Gasteiger charge is -2.18. The summed E-state index contributed by atoms with van der Waals surface area (Å²) in [5.41, 5.74) is 1.83. The zero-order chi connectivity index (χ0) is 13.2. The van der Waals surface area contributed by atoms with Crippen LogP contribution in [0.25, 0.3) is 11.5 Å². The van der Waals surface area contributed by atoms with E-state index in [0.717, 1.165) is 11.3 Å². The van der Waals surface area contributed by atoms with Crippen molar-refractivity contribution < 1.29 is 4.52 Å². The summed E-state index contributed by atoms with van der Waals surface area (Å²) in [6.45, 7) is 8.81. The molecule has 96 valence electrons. The first kappa shape index (κ1) is 12.7. The van der Waals surface area contributed by atoms with E-state index in [1.807, 2.05) is 19.1 Å². The minimum Gasteiger partial charge on any atom is -0.337 e. The molecule has 0 radical (unpaired) electrons. The predicted octanol–water partition coefficient (Wildman–Crippen LogP) is 2.33. The van der Waals surface area contributed by atoms with Crippen molar-refractivity contribution in [1.29, 1.82) is 0 Å². The largest absolute Gasteiger partial charge is 0.337 e. The summed E-state index contributed by atoms with van der Waals surface area (Å²) >= 11 is 0. The first-order valence-electron chi connectivity index (χ1n) is 5.95. The third-order valence-corrected chi connectivity index (χ3v) is 2.46. The van der Waals surface area contributed by atoms with Crippen molar-refractivity contribution in [3.8, 4) is 11.5 Å². The molecule has 0 fully saturated rings. The van der Waals surface area contributed by atoms with Crippen LogP contribution in [0.5, 0.6) is 0 Å². The molecule has 5 heteroatoms. The summed E-state index contributed by atoms with van der Waals surface area (Å²) in [6.07, 6.45) is 1.73. The van der Waals surface area contributed by atoms with Gasteiger partial charge < -0.3 is 9.84 Å². The van der Waals surface area contributed by atoms with Crippen LogP contribution in [0.3, 0.4) is 0 Å². The van der Waals surface area contributed by atoms with Crippen molar-refractivity contribution in [1.82, 2.24) is 20.4 Å². The number of pyridine rings is 1. The van der Waals surface area contributed by atoms with Gasteiger partial charge in [-0.05, 0) is 39.3 Å². The van der Waals surface area contributed by atoms with Crippen molar-refractivity contribution in [2.75, 3.05) is 0 Å². The molecule has 0 aliphatic heterocycles. The molecule has 5 nitrogen and oxygen atoms in total. The molecule has 0 saturated heterocycles. The summed E-state index contributed by atoms with van der Waals surface area (Å²) in [5, 5.41) is 7.26. The minimum atomic E-state index is 0.0234. The SMILES string of the molecule is Cc1cccnc1-c1noc(CNC(C)(C)C)n1. The van der Waals surface area contributed by atoms with E-state index >= 15 is 0 Å². The van der Waals surface area contributed by atoms with Gasteiger partial charge in [-0.1, -0.05) is 11.2 Å². The van der Waals surface area contributed by atoms with Crippen LogP contribution >= 0.6 is 0 Å². The highest BCUT2D eigenvalue weighted by atomic mass is 16.5. The molecule has 0 amide bonds. The highest BCUT2D eigenvalue weighted by Crippen LogP contribution is 2.16. The number of hydrogen-bond donors (Lipinski definition) is 1. The number of rotatable bonds is 3. The molecule has 0 aliphatic carbocycles. The molecule has 0 atom stereocenters. The van der Waals surface area contributed by atoms with Crippen LogP contribution in [0.15, 0.2) is 22.9 Å². The number of aryl methyl sites for hydroxylation is 1. The van der Waals surface area contributed by atoms with Gasteiger partial charge in [0.15, 0.2) is 0 Å². The average molecular weight is 246 g/mol. The summed E-state index contributed by atoms with van der Waals surface area (Å²) < 4.78 is 5.21.